The largest absolute Gasteiger partial charge is 0.493 e. The van der Waals surface area contributed by atoms with E-state index in [9.17, 15) is 5.11 Å². The van der Waals surface area contributed by atoms with Crippen LogP contribution in [-0.4, -0.2) is 42.4 Å². The van der Waals surface area contributed by atoms with Crippen LogP contribution in [0.5, 0.6) is 5.75 Å². The highest BCUT2D eigenvalue weighted by Crippen LogP contribution is 2.19. The lowest BCUT2D eigenvalue weighted by Crippen LogP contribution is -2.39. The van der Waals surface area contributed by atoms with E-state index in [1.54, 1.807) is 0 Å². The van der Waals surface area contributed by atoms with Gasteiger partial charge in [0, 0.05) is 13.1 Å². The third-order valence-electron chi connectivity index (χ3n) is 3.70. The van der Waals surface area contributed by atoms with Crippen molar-refractivity contribution in [1.29, 1.82) is 0 Å². The van der Waals surface area contributed by atoms with Crippen LogP contribution >= 0.6 is 0 Å². The summed E-state index contributed by atoms with van der Waals surface area (Å²) in [4.78, 5) is 2.33. The molecule has 1 aliphatic heterocycles. The number of aliphatic hydroxyl groups is 1. The zero-order valence-corrected chi connectivity index (χ0v) is 12.1. The van der Waals surface area contributed by atoms with Crippen molar-refractivity contribution in [2.45, 2.75) is 39.2 Å². The minimum atomic E-state index is -0.131. The van der Waals surface area contributed by atoms with Crippen LogP contribution in [0.1, 0.15) is 30.4 Å². The van der Waals surface area contributed by atoms with Crippen LogP contribution in [0.25, 0.3) is 0 Å². The molecule has 19 heavy (non-hydrogen) atoms. The summed E-state index contributed by atoms with van der Waals surface area (Å²) in [7, 11) is 0. The van der Waals surface area contributed by atoms with Crippen LogP contribution in [0.4, 0.5) is 0 Å². The van der Waals surface area contributed by atoms with Gasteiger partial charge in [0.1, 0.15) is 5.75 Å². The molecule has 1 aromatic carbocycles. The molecular formula is C16H25NO2. The Morgan fingerprint density at radius 2 is 2.21 bits per heavy atom. The van der Waals surface area contributed by atoms with E-state index in [1.807, 2.05) is 0 Å². The Hall–Kier alpha value is -1.06. The molecule has 0 radical (unpaired) electrons. The topological polar surface area (TPSA) is 32.7 Å². The third-order valence-corrected chi connectivity index (χ3v) is 3.70. The van der Waals surface area contributed by atoms with Crippen molar-refractivity contribution in [1.82, 2.24) is 4.90 Å². The molecule has 2 rings (SSSR count). The number of piperidine rings is 1. The van der Waals surface area contributed by atoms with Crippen LogP contribution < -0.4 is 4.74 Å². The summed E-state index contributed by atoms with van der Waals surface area (Å²) in [6.45, 7) is 7.86. The quantitative estimate of drug-likeness (QED) is 0.829. The van der Waals surface area contributed by atoms with Crippen molar-refractivity contribution in [2.24, 2.45) is 0 Å². The average molecular weight is 263 g/mol. The standard InChI is InChI=1S/C16H25NO2/c1-13-6-7-14(2)16(11-13)19-10-4-9-17-8-3-5-15(18)12-17/h6-7,11,15,18H,3-5,8-10,12H2,1-2H3/t15-/m0/s1. The van der Waals surface area contributed by atoms with Crippen LogP contribution in [0.3, 0.4) is 0 Å². The van der Waals surface area contributed by atoms with Gasteiger partial charge in [-0.25, -0.2) is 0 Å². The molecule has 0 spiro atoms. The van der Waals surface area contributed by atoms with E-state index in [0.29, 0.717) is 0 Å². The molecule has 1 aromatic rings. The van der Waals surface area contributed by atoms with E-state index >= 15 is 0 Å². The van der Waals surface area contributed by atoms with Gasteiger partial charge < -0.3 is 14.7 Å². The van der Waals surface area contributed by atoms with Crippen molar-refractivity contribution in [3.63, 3.8) is 0 Å². The summed E-state index contributed by atoms with van der Waals surface area (Å²) in [5, 5.41) is 9.61. The van der Waals surface area contributed by atoms with E-state index in [-0.39, 0.29) is 6.10 Å². The third kappa shape index (κ3) is 4.51. The zero-order valence-electron chi connectivity index (χ0n) is 12.1. The van der Waals surface area contributed by atoms with Crippen LogP contribution in [-0.2, 0) is 0 Å². The molecule has 1 N–H and O–H groups in total. The van der Waals surface area contributed by atoms with Crippen molar-refractivity contribution in [3.05, 3.63) is 29.3 Å². The minimum Gasteiger partial charge on any atom is -0.493 e. The Morgan fingerprint density at radius 3 is 3.00 bits per heavy atom. The fraction of sp³-hybridized carbons (Fsp3) is 0.625. The van der Waals surface area contributed by atoms with E-state index < -0.39 is 0 Å². The van der Waals surface area contributed by atoms with E-state index in [1.165, 1.54) is 11.1 Å². The molecule has 0 bridgehead atoms. The number of nitrogens with zero attached hydrogens (tertiary/aromatic N) is 1. The number of aliphatic hydroxyl groups excluding tert-OH is 1. The zero-order chi connectivity index (χ0) is 13.7. The summed E-state index contributed by atoms with van der Waals surface area (Å²) in [5.74, 6) is 0.999. The molecule has 1 fully saturated rings. The number of benzene rings is 1. The van der Waals surface area contributed by atoms with Gasteiger partial charge in [0.05, 0.1) is 12.7 Å². The number of aryl methyl sites for hydroxylation is 2. The van der Waals surface area contributed by atoms with E-state index in [2.05, 4.69) is 36.9 Å². The Morgan fingerprint density at radius 1 is 1.37 bits per heavy atom. The maximum Gasteiger partial charge on any atom is 0.122 e. The lowest BCUT2D eigenvalue weighted by Gasteiger charge is -2.29. The maximum atomic E-state index is 9.61. The molecule has 0 amide bonds. The Balaban J connectivity index is 1.70. The van der Waals surface area contributed by atoms with Crippen molar-refractivity contribution in [3.8, 4) is 5.75 Å². The summed E-state index contributed by atoms with van der Waals surface area (Å²) in [5.41, 5.74) is 2.43. The smallest absolute Gasteiger partial charge is 0.122 e. The predicted octanol–water partition coefficient (Wildman–Crippen LogP) is 2.53. The Bertz CT molecular complexity index is 406. The molecule has 0 saturated carbocycles. The first kappa shape index (κ1) is 14.4. The SMILES string of the molecule is Cc1ccc(C)c(OCCCN2CCC[C@H](O)C2)c1. The minimum absolute atomic E-state index is 0.131. The van der Waals surface area contributed by atoms with Gasteiger partial charge >= 0.3 is 0 Å². The summed E-state index contributed by atoms with van der Waals surface area (Å²) < 4.78 is 5.85. The predicted molar refractivity (Wildman–Crippen MR) is 77.7 cm³/mol. The first-order valence-electron chi connectivity index (χ1n) is 7.25. The fourth-order valence-corrected chi connectivity index (χ4v) is 2.57. The molecule has 1 saturated heterocycles. The molecule has 1 atom stereocenters. The fourth-order valence-electron chi connectivity index (χ4n) is 2.57. The molecule has 106 valence electrons. The highest BCUT2D eigenvalue weighted by molar-refractivity contribution is 5.35. The average Bonchev–Trinajstić information content (AvgIpc) is 2.39. The number of ether oxygens (including phenoxy) is 1. The van der Waals surface area contributed by atoms with Gasteiger partial charge in [0.15, 0.2) is 0 Å². The van der Waals surface area contributed by atoms with E-state index in [0.717, 1.165) is 51.3 Å². The molecule has 3 heteroatoms. The maximum absolute atomic E-state index is 9.61. The van der Waals surface area contributed by atoms with Crippen LogP contribution in [0.2, 0.25) is 0 Å². The summed E-state index contributed by atoms with van der Waals surface area (Å²) >= 11 is 0. The summed E-state index contributed by atoms with van der Waals surface area (Å²) in [6.07, 6.45) is 2.95. The molecule has 0 unspecified atom stereocenters. The Labute approximate surface area is 116 Å². The first-order chi connectivity index (χ1) is 9.15. The van der Waals surface area contributed by atoms with Gasteiger partial charge in [-0.15, -0.1) is 0 Å². The van der Waals surface area contributed by atoms with Gasteiger partial charge in [-0.3, -0.25) is 0 Å². The second kappa shape index (κ2) is 6.92. The van der Waals surface area contributed by atoms with Crippen LogP contribution in [0.15, 0.2) is 18.2 Å². The Kier molecular flexibility index (Phi) is 5.23. The van der Waals surface area contributed by atoms with Gasteiger partial charge in [-0.2, -0.15) is 0 Å². The lowest BCUT2D eigenvalue weighted by atomic mass is 10.1. The number of hydrogen-bond donors (Lipinski definition) is 1. The number of β-amino-alcohol motifs (C(OH)–C–C–N with tert-alkyl or cyclic N) is 1. The lowest BCUT2D eigenvalue weighted by molar-refractivity contribution is 0.0678. The molecule has 0 aliphatic carbocycles. The number of likely N-dealkylation sites (tertiary alicyclic amines) is 1. The van der Waals surface area contributed by atoms with E-state index in [4.69, 9.17) is 4.74 Å². The monoisotopic (exact) mass is 263 g/mol. The molecule has 1 aliphatic rings. The summed E-state index contributed by atoms with van der Waals surface area (Å²) in [6, 6.07) is 6.31. The van der Waals surface area contributed by atoms with Gasteiger partial charge in [0.25, 0.3) is 0 Å². The number of hydrogen-bond acceptors (Lipinski definition) is 3. The second-order valence-corrected chi connectivity index (χ2v) is 5.57. The molecule has 0 aromatic heterocycles. The molecular weight excluding hydrogens is 238 g/mol. The van der Waals surface area contributed by atoms with Gasteiger partial charge in [-0.05, 0) is 56.8 Å². The van der Waals surface area contributed by atoms with Gasteiger partial charge in [0.2, 0.25) is 0 Å². The van der Waals surface area contributed by atoms with Crippen molar-refractivity contribution >= 4 is 0 Å². The highest BCUT2D eigenvalue weighted by atomic mass is 16.5. The number of rotatable bonds is 5. The van der Waals surface area contributed by atoms with Crippen LogP contribution in [0, 0.1) is 13.8 Å². The first-order valence-corrected chi connectivity index (χ1v) is 7.25. The molecule has 3 nitrogen and oxygen atoms in total. The molecule has 1 heterocycles. The van der Waals surface area contributed by atoms with Crippen molar-refractivity contribution < 1.29 is 9.84 Å². The van der Waals surface area contributed by atoms with Crippen molar-refractivity contribution in [2.75, 3.05) is 26.2 Å². The highest BCUT2D eigenvalue weighted by Gasteiger charge is 2.16. The second-order valence-electron chi connectivity index (χ2n) is 5.57. The van der Waals surface area contributed by atoms with Gasteiger partial charge in [-0.1, -0.05) is 12.1 Å². The normalized spacial score (nSPS) is 20.5.